The summed E-state index contributed by atoms with van der Waals surface area (Å²) < 4.78 is 5.08. The van der Waals surface area contributed by atoms with Gasteiger partial charge < -0.3 is 4.74 Å². The summed E-state index contributed by atoms with van der Waals surface area (Å²) in [7, 11) is 0. The van der Waals surface area contributed by atoms with Crippen molar-refractivity contribution in [2.24, 2.45) is 0 Å². The average molecular weight is 126 g/mol. The Morgan fingerprint density at radius 2 is 2.56 bits per heavy atom. The fourth-order valence-electron chi connectivity index (χ4n) is 0.897. The Balaban J connectivity index is 2.48. The molecule has 0 N–H and O–H groups in total. The molecule has 0 aliphatic carbocycles. The van der Waals surface area contributed by atoms with Crippen molar-refractivity contribution in [3.8, 4) is 0 Å². The van der Waals surface area contributed by atoms with E-state index in [0.717, 1.165) is 18.6 Å². The van der Waals surface area contributed by atoms with Crippen LogP contribution in [-0.2, 0) is 9.53 Å². The topological polar surface area (TPSA) is 26.3 Å². The van der Waals surface area contributed by atoms with Gasteiger partial charge in [-0.25, -0.2) is 0 Å². The van der Waals surface area contributed by atoms with E-state index >= 15 is 0 Å². The summed E-state index contributed by atoms with van der Waals surface area (Å²) in [4.78, 5) is 10.6. The quantitative estimate of drug-likeness (QED) is 0.528. The van der Waals surface area contributed by atoms with Crippen LogP contribution in [0, 0.1) is 0 Å². The molecule has 1 unspecified atom stereocenters. The maximum absolute atomic E-state index is 10.6. The summed E-state index contributed by atoms with van der Waals surface area (Å²) >= 11 is 0. The molecule has 50 valence electrons. The Hall–Kier alpha value is -0.790. The molecule has 1 aliphatic rings. The van der Waals surface area contributed by atoms with Crippen LogP contribution in [0.3, 0.4) is 0 Å². The molecule has 0 aromatic heterocycles. The molecule has 0 aromatic rings. The van der Waals surface area contributed by atoms with Gasteiger partial charge in [0.15, 0.2) is 11.9 Å². The fraction of sp³-hybridized carbons (Fsp3) is 0.571. The second kappa shape index (κ2) is 2.21. The minimum absolute atomic E-state index is 0.105. The van der Waals surface area contributed by atoms with Crippen LogP contribution in [0.2, 0.25) is 0 Å². The van der Waals surface area contributed by atoms with Gasteiger partial charge in [-0.15, -0.1) is 0 Å². The van der Waals surface area contributed by atoms with Gasteiger partial charge in [-0.1, -0.05) is 6.58 Å². The van der Waals surface area contributed by atoms with Crippen molar-refractivity contribution in [2.75, 3.05) is 0 Å². The normalized spacial score (nSPS) is 25.9. The van der Waals surface area contributed by atoms with Crippen LogP contribution in [0.25, 0.3) is 0 Å². The number of carbonyl (C=O) groups excluding carboxylic acids is 1. The first-order valence-electron chi connectivity index (χ1n) is 3.05. The van der Waals surface area contributed by atoms with E-state index in [-0.39, 0.29) is 11.9 Å². The predicted octanol–water partition coefficient (Wildman–Crippen LogP) is 1.27. The summed E-state index contributed by atoms with van der Waals surface area (Å²) in [5.74, 6) is 0.851. The minimum Gasteiger partial charge on any atom is -0.488 e. The van der Waals surface area contributed by atoms with Crippen molar-refractivity contribution in [3.63, 3.8) is 0 Å². The third kappa shape index (κ3) is 1.31. The van der Waals surface area contributed by atoms with E-state index < -0.39 is 0 Å². The number of hydrogen-bond donors (Lipinski definition) is 0. The van der Waals surface area contributed by atoms with Gasteiger partial charge in [0.1, 0.15) is 0 Å². The molecule has 1 heterocycles. The summed E-state index contributed by atoms with van der Waals surface area (Å²) in [6.45, 7) is 5.16. The molecular weight excluding hydrogens is 116 g/mol. The van der Waals surface area contributed by atoms with Crippen LogP contribution in [0.4, 0.5) is 0 Å². The Bertz CT molecular complexity index is 149. The highest BCUT2D eigenvalue weighted by Gasteiger charge is 2.22. The van der Waals surface area contributed by atoms with Crippen LogP contribution in [0.1, 0.15) is 19.8 Å². The summed E-state index contributed by atoms with van der Waals surface area (Å²) in [6, 6.07) is 0. The van der Waals surface area contributed by atoms with Crippen molar-refractivity contribution in [1.82, 2.24) is 0 Å². The lowest BCUT2D eigenvalue weighted by molar-refractivity contribution is -0.124. The summed E-state index contributed by atoms with van der Waals surface area (Å²) in [6.07, 6.45) is 1.45. The molecule has 9 heavy (non-hydrogen) atoms. The van der Waals surface area contributed by atoms with E-state index in [1.807, 2.05) is 0 Å². The molecule has 1 rings (SSSR count). The number of ether oxygens (including phenoxy) is 1. The lowest BCUT2D eigenvalue weighted by Gasteiger charge is -2.03. The molecular formula is C7H10O2. The maximum atomic E-state index is 10.6. The molecule has 0 amide bonds. The van der Waals surface area contributed by atoms with Crippen LogP contribution in [0.5, 0.6) is 0 Å². The summed E-state index contributed by atoms with van der Waals surface area (Å²) in [5, 5.41) is 0. The third-order valence-corrected chi connectivity index (χ3v) is 1.45. The van der Waals surface area contributed by atoms with Gasteiger partial charge in [0.25, 0.3) is 0 Å². The number of hydrogen-bond acceptors (Lipinski definition) is 2. The lowest BCUT2D eigenvalue weighted by Crippen LogP contribution is -2.14. The third-order valence-electron chi connectivity index (χ3n) is 1.45. The van der Waals surface area contributed by atoms with E-state index in [1.54, 1.807) is 6.92 Å². The lowest BCUT2D eigenvalue weighted by atomic mass is 10.2. The number of ketones is 1. The van der Waals surface area contributed by atoms with Crippen LogP contribution >= 0.6 is 0 Å². The first-order chi connectivity index (χ1) is 4.20. The Morgan fingerprint density at radius 3 is 2.78 bits per heavy atom. The molecule has 1 saturated heterocycles. The molecule has 1 atom stereocenters. The second-order valence-electron chi connectivity index (χ2n) is 2.29. The average Bonchev–Trinajstić information content (AvgIpc) is 2.14. The fourth-order valence-corrected chi connectivity index (χ4v) is 0.897. The van der Waals surface area contributed by atoms with E-state index in [4.69, 9.17) is 4.74 Å². The van der Waals surface area contributed by atoms with Gasteiger partial charge in [0.2, 0.25) is 0 Å². The molecule has 0 bridgehead atoms. The number of Topliss-reactive ketones (excluding diaryl/α,β-unsaturated/α-hetero) is 1. The molecule has 1 aliphatic heterocycles. The van der Waals surface area contributed by atoms with Crippen molar-refractivity contribution >= 4 is 5.78 Å². The molecule has 0 spiro atoms. The summed E-state index contributed by atoms with van der Waals surface area (Å²) in [5.41, 5.74) is 0. The molecule has 0 saturated carbocycles. The number of allylic oxidation sites excluding steroid dienone is 1. The molecule has 0 aromatic carbocycles. The predicted molar refractivity (Wildman–Crippen MR) is 33.9 cm³/mol. The van der Waals surface area contributed by atoms with E-state index in [0.29, 0.717) is 0 Å². The van der Waals surface area contributed by atoms with E-state index in [1.165, 1.54) is 0 Å². The SMILES string of the molecule is C=C1CCC(C(C)=O)O1. The van der Waals surface area contributed by atoms with E-state index in [2.05, 4.69) is 6.58 Å². The van der Waals surface area contributed by atoms with Gasteiger partial charge in [-0.2, -0.15) is 0 Å². The van der Waals surface area contributed by atoms with Gasteiger partial charge in [0, 0.05) is 6.42 Å². The Labute approximate surface area is 54.5 Å². The smallest absolute Gasteiger partial charge is 0.170 e. The number of carbonyl (C=O) groups is 1. The van der Waals surface area contributed by atoms with E-state index in [9.17, 15) is 4.79 Å². The van der Waals surface area contributed by atoms with Crippen LogP contribution < -0.4 is 0 Å². The molecule has 1 fully saturated rings. The second-order valence-corrected chi connectivity index (χ2v) is 2.29. The Kier molecular flexibility index (Phi) is 1.56. The van der Waals surface area contributed by atoms with Gasteiger partial charge in [-0.05, 0) is 13.3 Å². The van der Waals surface area contributed by atoms with Crippen molar-refractivity contribution < 1.29 is 9.53 Å². The zero-order chi connectivity index (χ0) is 6.85. The molecule has 2 nitrogen and oxygen atoms in total. The number of rotatable bonds is 1. The molecule has 0 radical (unpaired) electrons. The highest BCUT2D eigenvalue weighted by atomic mass is 16.5. The van der Waals surface area contributed by atoms with Crippen molar-refractivity contribution in [1.29, 1.82) is 0 Å². The Morgan fingerprint density at radius 1 is 1.89 bits per heavy atom. The standard InChI is InChI=1S/C7H10O2/c1-5-3-4-7(9-5)6(2)8/h7H,1,3-4H2,2H3. The minimum atomic E-state index is -0.197. The zero-order valence-electron chi connectivity index (χ0n) is 5.52. The van der Waals surface area contributed by atoms with Gasteiger partial charge >= 0.3 is 0 Å². The largest absolute Gasteiger partial charge is 0.488 e. The van der Waals surface area contributed by atoms with Crippen molar-refractivity contribution in [2.45, 2.75) is 25.9 Å². The highest BCUT2D eigenvalue weighted by Crippen LogP contribution is 2.21. The maximum Gasteiger partial charge on any atom is 0.170 e. The first-order valence-corrected chi connectivity index (χ1v) is 3.05. The zero-order valence-corrected chi connectivity index (χ0v) is 5.52. The first kappa shape index (κ1) is 6.33. The van der Waals surface area contributed by atoms with Crippen molar-refractivity contribution in [3.05, 3.63) is 12.3 Å². The molecule has 2 heteroatoms. The monoisotopic (exact) mass is 126 g/mol. The van der Waals surface area contributed by atoms with Crippen LogP contribution in [0.15, 0.2) is 12.3 Å². The van der Waals surface area contributed by atoms with Gasteiger partial charge in [0.05, 0.1) is 5.76 Å². The van der Waals surface area contributed by atoms with Crippen LogP contribution in [-0.4, -0.2) is 11.9 Å². The highest BCUT2D eigenvalue weighted by molar-refractivity contribution is 5.80. The van der Waals surface area contributed by atoms with Gasteiger partial charge in [-0.3, -0.25) is 4.79 Å².